The second kappa shape index (κ2) is 9.09. The number of nitrogen functional groups attached to an aromatic ring is 2. The van der Waals surface area contributed by atoms with Crippen LogP contribution in [0.4, 0.5) is 11.5 Å². The zero-order valence-corrected chi connectivity index (χ0v) is 20.0. The smallest absolute Gasteiger partial charge is 0.205 e. The molecule has 4 N–H and O–H groups in total. The number of pyridine rings is 1. The molecular formula is C24H19ClN4O4S. The summed E-state index contributed by atoms with van der Waals surface area (Å²) in [5.74, 6) is 0.673. The number of ketones is 1. The van der Waals surface area contributed by atoms with Crippen LogP contribution in [0.25, 0.3) is 21.3 Å². The summed E-state index contributed by atoms with van der Waals surface area (Å²) in [6, 6.07) is 12.2. The minimum Gasteiger partial charge on any atom is -0.493 e. The van der Waals surface area contributed by atoms with Crippen molar-refractivity contribution in [3.8, 4) is 34.4 Å². The van der Waals surface area contributed by atoms with Gasteiger partial charge in [0.1, 0.15) is 27.2 Å². The Bertz CT molecular complexity index is 1470. The molecule has 172 valence electrons. The topological polar surface area (TPSA) is 133 Å². The van der Waals surface area contributed by atoms with Crippen LogP contribution in [0.3, 0.4) is 0 Å². The molecule has 0 fully saturated rings. The molecular weight excluding hydrogens is 476 g/mol. The van der Waals surface area contributed by atoms with E-state index < -0.39 is 0 Å². The molecule has 2 heterocycles. The summed E-state index contributed by atoms with van der Waals surface area (Å²) in [6.07, 6.45) is 0. The number of nitrogens with zero attached hydrogens (tertiary/aromatic N) is 2. The lowest BCUT2D eigenvalue weighted by molar-refractivity contribution is 0.104. The van der Waals surface area contributed by atoms with Gasteiger partial charge in [0, 0.05) is 27.1 Å². The molecule has 0 saturated carbocycles. The Hall–Kier alpha value is -4.00. The third kappa shape index (κ3) is 3.63. The third-order valence-electron chi connectivity index (χ3n) is 5.29. The van der Waals surface area contributed by atoms with Crippen molar-refractivity contribution in [2.24, 2.45) is 0 Å². The Kier molecular flexibility index (Phi) is 6.20. The minimum absolute atomic E-state index is 0.0259. The summed E-state index contributed by atoms with van der Waals surface area (Å²) in [4.78, 5) is 18.6. The van der Waals surface area contributed by atoms with Gasteiger partial charge in [-0.15, -0.1) is 11.3 Å². The van der Waals surface area contributed by atoms with E-state index in [0.717, 1.165) is 11.3 Å². The van der Waals surface area contributed by atoms with E-state index in [0.29, 0.717) is 43.6 Å². The first-order valence-electron chi connectivity index (χ1n) is 9.87. The molecule has 0 saturated heterocycles. The van der Waals surface area contributed by atoms with Gasteiger partial charge in [-0.25, -0.2) is 4.98 Å². The van der Waals surface area contributed by atoms with Gasteiger partial charge in [0.25, 0.3) is 0 Å². The van der Waals surface area contributed by atoms with Crippen LogP contribution in [-0.4, -0.2) is 32.1 Å². The van der Waals surface area contributed by atoms with Crippen molar-refractivity contribution in [1.29, 1.82) is 5.26 Å². The number of carbonyl (C=O) groups excluding carboxylic acids is 1. The second-order valence-electron chi connectivity index (χ2n) is 7.11. The van der Waals surface area contributed by atoms with Crippen LogP contribution in [-0.2, 0) is 0 Å². The summed E-state index contributed by atoms with van der Waals surface area (Å²) in [5, 5.41) is 10.7. The molecule has 0 aliphatic heterocycles. The van der Waals surface area contributed by atoms with E-state index in [1.807, 2.05) is 0 Å². The van der Waals surface area contributed by atoms with Crippen molar-refractivity contribution in [1.82, 2.24) is 4.98 Å². The van der Waals surface area contributed by atoms with Gasteiger partial charge in [-0.2, -0.15) is 5.26 Å². The number of nitriles is 1. The number of fused-ring (bicyclic) bond motifs is 1. The van der Waals surface area contributed by atoms with Gasteiger partial charge in [-0.3, -0.25) is 4.79 Å². The Morgan fingerprint density at radius 3 is 2.29 bits per heavy atom. The average Bonchev–Trinajstić information content (AvgIpc) is 3.17. The molecule has 2 aromatic heterocycles. The molecule has 34 heavy (non-hydrogen) atoms. The molecule has 4 rings (SSSR count). The van der Waals surface area contributed by atoms with Crippen molar-refractivity contribution in [3.05, 3.63) is 57.4 Å². The number of hydrogen-bond donors (Lipinski definition) is 2. The molecule has 0 aliphatic rings. The third-order valence-corrected chi connectivity index (χ3v) is 6.72. The van der Waals surface area contributed by atoms with E-state index in [4.69, 9.17) is 37.3 Å². The van der Waals surface area contributed by atoms with Gasteiger partial charge in [0.2, 0.25) is 11.5 Å². The predicted octanol–water partition coefficient (Wildman–Crippen LogP) is 4.91. The molecule has 0 atom stereocenters. The largest absolute Gasteiger partial charge is 0.493 e. The fourth-order valence-electron chi connectivity index (χ4n) is 3.73. The maximum atomic E-state index is 13.6. The highest BCUT2D eigenvalue weighted by atomic mass is 35.5. The molecule has 0 unspecified atom stereocenters. The van der Waals surface area contributed by atoms with Crippen LogP contribution in [0, 0.1) is 11.3 Å². The number of aromatic nitrogens is 1. The first kappa shape index (κ1) is 23.2. The Morgan fingerprint density at radius 2 is 1.74 bits per heavy atom. The Morgan fingerprint density at radius 1 is 1.09 bits per heavy atom. The number of benzene rings is 2. The van der Waals surface area contributed by atoms with E-state index in [1.165, 1.54) is 21.3 Å². The normalized spacial score (nSPS) is 10.7. The van der Waals surface area contributed by atoms with Crippen LogP contribution < -0.4 is 25.7 Å². The quantitative estimate of drug-likeness (QED) is 0.361. The zero-order chi connectivity index (χ0) is 24.6. The molecule has 2 aromatic carbocycles. The van der Waals surface area contributed by atoms with Gasteiger partial charge >= 0.3 is 0 Å². The van der Waals surface area contributed by atoms with Gasteiger partial charge in [-0.1, -0.05) is 29.8 Å². The fourth-order valence-corrected chi connectivity index (χ4v) is 5.03. The van der Waals surface area contributed by atoms with Crippen LogP contribution in [0.1, 0.15) is 20.8 Å². The zero-order valence-electron chi connectivity index (χ0n) is 18.4. The first-order chi connectivity index (χ1) is 16.4. The highest BCUT2D eigenvalue weighted by Gasteiger charge is 2.27. The molecule has 10 heteroatoms. The molecule has 4 aromatic rings. The summed E-state index contributed by atoms with van der Waals surface area (Å²) < 4.78 is 16.1. The molecule has 0 bridgehead atoms. The number of thiophene rings is 1. The van der Waals surface area contributed by atoms with Gasteiger partial charge in [0.15, 0.2) is 11.5 Å². The molecule has 0 aliphatic carbocycles. The van der Waals surface area contributed by atoms with E-state index in [1.54, 1.807) is 36.4 Å². The lowest BCUT2D eigenvalue weighted by Crippen LogP contribution is -2.05. The lowest BCUT2D eigenvalue weighted by atomic mass is 9.96. The van der Waals surface area contributed by atoms with Gasteiger partial charge < -0.3 is 25.7 Å². The first-order valence-corrected chi connectivity index (χ1v) is 11.1. The maximum Gasteiger partial charge on any atom is 0.205 e. The van der Waals surface area contributed by atoms with Crippen molar-refractivity contribution in [2.75, 3.05) is 32.8 Å². The molecule has 8 nitrogen and oxygen atoms in total. The van der Waals surface area contributed by atoms with Gasteiger partial charge in [0.05, 0.1) is 27.0 Å². The number of anilines is 2. The fraction of sp³-hybridized carbons (Fsp3) is 0.125. The van der Waals surface area contributed by atoms with Crippen molar-refractivity contribution in [3.63, 3.8) is 0 Å². The lowest BCUT2D eigenvalue weighted by Gasteiger charge is -2.13. The standard InChI is InChI=1S/C24H19ClN4O4S/c1-31-15-8-11(9-16(32-2)21(15)33-3)20(30)22-19(27)18-17(12-6-4-5-7-14(12)25)13(10-26)23(28)29-24(18)34-22/h4-9H,27H2,1-3H3,(H2,28,29). The summed E-state index contributed by atoms with van der Waals surface area (Å²) in [6.45, 7) is 0. The number of hydrogen-bond acceptors (Lipinski definition) is 9. The predicted molar refractivity (Wildman–Crippen MR) is 133 cm³/mol. The number of halogens is 1. The highest BCUT2D eigenvalue weighted by Crippen LogP contribution is 2.46. The Labute approximate surface area is 204 Å². The van der Waals surface area contributed by atoms with Crippen LogP contribution in [0.5, 0.6) is 17.2 Å². The van der Waals surface area contributed by atoms with Crippen molar-refractivity contribution in [2.45, 2.75) is 0 Å². The number of carbonyl (C=O) groups is 1. The highest BCUT2D eigenvalue weighted by molar-refractivity contribution is 7.21. The molecule has 0 radical (unpaired) electrons. The number of methoxy groups -OCH3 is 3. The van der Waals surface area contributed by atoms with Crippen LogP contribution in [0.2, 0.25) is 5.02 Å². The number of nitrogens with two attached hydrogens (primary N) is 2. The summed E-state index contributed by atoms with van der Waals surface area (Å²) in [5.41, 5.74) is 14.2. The van der Waals surface area contributed by atoms with E-state index >= 15 is 0 Å². The summed E-state index contributed by atoms with van der Waals surface area (Å²) >= 11 is 7.52. The molecule has 0 spiro atoms. The van der Waals surface area contributed by atoms with E-state index in [-0.39, 0.29) is 33.3 Å². The van der Waals surface area contributed by atoms with Gasteiger partial charge in [-0.05, 0) is 18.2 Å². The van der Waals surface area contributed by atoms with Crippen LogP contribution in [0.15, 0.2) is 36.4 Å². The summed E-state index contributed by atoms with van der Waals surface area (Å²) in [7, 11) is 4.40. The van der Waals surface area contributed by atoms with Crippen LogP contribution >= 0.6 is 22.9 Å². The second-order valence-corrected chi connectivity index (χ2v) is 8.51. The number of ether oxygens (including phenoxy) is 3. The van der Waals surface area contributed by atoms with E-state index in [9.17, 15) is 10.1 Å². The van der Waals surface area contributed by atoms with Crippen molar-refractivity contribution >= 4 is 50.4 Å². The average molecular weight is 495 g/mol. The SMILES string of the molecule is COc1cc(C(=O)c2sc3nc(N)c(C#N)c(-c4ccccc4Cl)c3c2N)cc(OC)c1OC. The van der Waals surface area contributed by atoms with E-state index in [2.05, 4.69) is 11.1 Å². The maximum absolute atomic E-state index is 13.6. The van der Waals surface area contributed by atoms with Crippen molar-refractivity contribution < 1.29 is 19.0 Å². The monoisotopic (exact) mass is 494 g/mol. The number of rotatable bonds is 6. The molecule has 0 amide bonds. The Balaban J connectivity index is 1.99. The minimum atomic E-state index is -0.373.